The SMILES string of the molecule is NC(=O)C(O)CNC(=O)CSCc1ccc(Cl)cc1. The molecule has 0 spiro atoms. The van der Waals surface area contributed by atoms with Gasteiger partial charge in [-0.2, -0.15) is 0 Å². The van der Waals surface area contributed by atoms with Gasteiger partial charge in [-0.1, -0.05) is 23.7 Å². The van der Waals surface area contributed by atoms with Crippen molar-refractivity contribution < 1.29 is 14.7 Å². The van der Waals surface area contributed by atoms with Crippen LogP contribution in [0.25, 0.3) is 0 Å². The molecule has 1 aromatic carbocycles. The molecule has 0 aliphatic heterocycles. The maximum Gasteiger partial charge on any atom is 0.248 e. The minimum Gasteiger partial charge on any atom is -0.381 e. The van der Waals surface area contributed by atoms with E-state index < -0.39 is 12.0 Å². The third-order valence-electron chi connectivity index (χ3n) is 2.24. The fourth-order valence-corrected chi connectivity index (χ4v) is 2.15. The van der Waals surface area contributed by atoms with Gasteiger partial charge < -0.3 is 16.2 Å². The second kappa shape index (κ2) is 8.04. The van der Waals surface area contributed by atoms with Crippen LogP contribution in [0.5, 0.6) is 0 Å². The van der Waals surface area contributed by atoms with Gasteiger partial charge in [-0.25, -0.2) is 0 Å². The van der Waals surface area contributed by atoms with Crippen molar-refractivity contribution >= 4 is 35.2 Å². The minimum absolute atomic E-state index is 0.157. The van der Waals surface area contributed by atoms with Crippen LogP contribution in [0.2, 0.25) is 5.02 Å². The monoisotopic (exact) mass is 302 g/mol. The molecule has 0 fully saturated rings. The van der Waals surface area contributed by atoms with Crippen molar-refractivity contribution in [3.05, 3.63) is 34.9 Å². The van der Waals surface area contributed by atoms with E-state index in [0.717, 1.165) is 5.56 Å². The number of thioether (sulfide) groups is 1. The van der Waals surface area contributed by atoms with Gasteiger partial charge in [0, 0.05) is 10.8 Å². The molecule has 0 heterocycles. The highest BCUT2D eigenvalue weighted by Gasteiger charge is 2.11. The van der Waals surface area contributed by atoms with Crippen LogP contribution in [-0.4, -0.2) is 35.3 Å². The topological polar surface area (TPSA) is 92.4 Å². The van der Waals surface area contributed by atoms with Crippen molar-refractivity contribution in [1.29, 1.82) is 0 Å². The number of benzene rings is 1. The molecule has 0 saturated heterocycles. The van der Waals surface area contributed by atoms with Crippen LogP contribution in [0.15, 0.2) is 24.3 Å². The molecule has 0 aromatic heterocycles. The summed E-state index contributed by atoms with van der Waals surface area (Å²) in [4.78, 5) is 21.9. The van der Waals surface area contributed by atoms with Crippen molar-refractivity contribution in [2.75, 3.05) is 12.3 Å². The number of carbonyl (C=O) groups is 2. The van der Waals surface area contributed by atoms with Gasteiger partial charge in [0.25, 0.3) is 0 Å². The fraction of sp³-hybridized carbons (Fsp3) is 0.333. The zero-order valence-electron chi connectivity index (χ0n) is 10.1. The Hall–Kier alpha value is -1.24. The molecule has 7 heteroatoms. The quantitative estimate of drug-likeness (QED) is 0.685. The molecular weight excluding hydrogens is 288 g/mol. The second-order valence-electron chi connectivity index (χ2n) is 3.84. The smallest absolute Gasteiger partial charge is 0.248 e. The van der Waals surface area contributed by atoms with Gasteiger partial charge in [0.05, 0.1) is 12.3 Å². The number of aliphatic hydroxyl groups is 1. The van der Waals surface area contributed by atoms with Gasteiger partial charge in [-0.15, -0.1) is 11.8 Å². The summed E-state index contributed by atoms with van der Waals surface area (Å²) in [5, 5.41) is 12.2. The van der Waals surface area contributed by atoms with Crippen LogP contribution in [0.4, 0.5) is 0 Å². The number of nitrogens with two attached hydrogens (primary N) is 1. The Morgan fingerprint density at radius 3 is 2.58 bits per heavy atom. The first kappa shape index (κ1) is 15.8. The van der Waals surface area contributed by atoms with Crippen LogP contribution < -0.4 is 11.1 Å². The van der Waals surface area contributed by atoms with E-state index in [1.807, 2.05) is 12.1 Å². The number of rotatable bonds is 7. The average molecular weight is 303 g/mol. The number of hydrogen-bond donors (Lipinski definition) is 3. The lowest BCUT2D eigenvalue weighted by Gasteiger charge is -2.08. The molecule has 19 heavy (non-hydrogen) atoms. The Bertz CT molecular complexity index is 439. The van der Waals surface area contributed by atoms with Crippen LogP contribution in [-0.2, 0) is 15.3 Å². The van der Waals surface area contributed by atoms with E-state index in [1.54, 1.807) is 12.1 Å². The van der Waals surface area contributed by atoms with Gasteiger partial charge >= 0.3 is 0 Å². The Balaban J connectivity index is 2.20. The Morgan fingerprint density at radius 1 is 1.37 bits per heavy atom. The number of halogens is 1. The summed E-state index contributed by atoms with van der Waals surface area (Å²) in [6.45, 7) is -0.157. The number of hydrogen-bond acceptors (Lipinski definition) is 4. The third kappa shape index (κ3) is 6.47. The van der Waals surface area contributed by atoms with E-state index in [4.69, 9.17) is 22.4 Å². The van der Waals surface area contributed by atoms with E-state index >= 15 is 0 Å². The Kier molecular flexibility index (Phi) is 6.69. The van der Waals surface area contributed by atoms with E-state index in [0.29, 0.717) is 10.8 Å². The summed E-state index contributed by atoms with van der Waals surface area (Å²) in [5.41, 5.74) is 5.92. The predicted octanol–water partition coefficient (Wildman–Crippen LogP) is 0.536. The van der Waals surface area contributed by atoms with Gasteiger partial charge in [-0.05, 0) is 17.7 Å². The molecule has 104 valence electrons. The first-order chi connectivity index (χ1) is 8.99. The molecule has 4 N–H and O–H groups in total. The summed E-state index contributed by atoms with van der Waals surface area (Å²) in [7, 11) is 0. The summed E-state index contributed by atoms with van der Waals surface area (Å²) in [5.74, 6) is -0.176. The summed E-state index contributed by atoms with van der Waals surface area (Å²) in [6.07, 6.45) is -1.34. The molecule has 1 atom stereocenters. The highest BCUT2D eigenvalue weighted by atomic mass is 35.5. The molecule has 1 unspecified atom stereocenters. The van der Waals surface area contributed by atoms with Gasteiger partial charge in [0.15, 0.2) is 0 Å². The first-order valence-electron chi connectivity index (χ1n) is 5.55. The number of nitrogens with one attached hydrogen (secondary N) is 1. The summed E-state index contributed by atoms with van der Waals surface area (Å²) >= 11 is 7.19. The number of primary amides is 1. The lowest BCUT2D eigenvalue weighted by atomic mass is 10.2. The molecule has 0 saturated carbocycles. The first-order valence-corrected chi connectivity index (χ1v) is 7.08. The lowest BCUT2D eigenvalue weighted by molar-refractivity contribution is -0.126. The fourth-order valence-electron chi connectivity index (χ4n) is 1.20. The van der Waals surface area contributed by atoms with Crippen LogP contribution in [0, 0.1) is 0 Å². The van der Waals surface area contributed by atoms with E-state index in [1.165, 1.54) is 11.8 Å². The van der Waals surface area contributed by atoms with Crippen LogP contribution >= 0.6 is 23.4 Å². The number of amides is 2. The molecule has 1 aromatic rings. The molecule has 0 aliphatic rings. The lowest BCUT2D eigenvalue weighted by Crippen LogP contribution is -2.40. The minimum atomic E-state index is -1.34. The molecule has 0 bridgehead atoms. The predicted molar refractivity (Wildman–Crippen MR) is 75.8 cm³/mol. The largest absolute Gasteiger partial charge is 0.381 e. The van der Waals surface area contributed by atoms with E-state index in [2.05, 4.69) is 5.32 Å². The number of carbonyl (C=O) groups excluding carboxylic acids is 2. The highest BCUT2D eigenvalue weighted by molar-refractivity contribution is 7.99. The van der Waals surface area contributed by atoms with E-state index in [-0.39, 0.29) is 18.2 Å². The molecule has 0 radical (unpaired) electrons. The highest BCUT2D eigenvalue weighted by Crippen LogP contribution is 2.15. The van der Waals surface area contributed by atoms with Crippen LogP contribution in [0.3, 0.4) is 0 Å². The molecule has 2 amide bonds. The maximum atomic E-state index is 11.4. The zero-order chi connectivity index (χ0) is 14.3. The molecular formula is C12H15ClN2O3S. The van der Waals surface area contributed by atoms with Gasteiger partial charge in [0.1, 0.15) is 6.10 Å². The number of aliphatic hydroxyl groups excluding tert-OH is 1. The molecule has 5 nitrogen and oxygen atoms in total. The van der Waals surface area contributed by atoms with Crippen molar-refractivity contribution in [2.45, 2.75) is 11.9 Å². The van der Waals surface area contributed by atoms with Crippen molar-refractivity contribution in [2.24, 2.45) is 5.73 Å². The van der Waals surface area contributed by atoms with Crippen molar-refractivity contribution in [3.63, 3.8) is 0 Å². The summed E-state index contributed by atoms with van der Waals surface area (Å²) in [6, 6.07) is 7.37. The van der Waals surface area contributed by atoms with Crippen LogP contribution in [0.1, 0.15) is 5.56 Å². The van der Waals surface area contributed by atoms with E-state index in [9.17, 15) is 9.59 Å². The summed E-state index contributed by atoms with van der Waals surface area (Å²) < 4.78 is 0. The van der Waals surface area contributed by atoms with Gasteiger partial charge in [0.2, 0.25) is 11.8 Å². The van der Waals surface area contributed by atoms with Crippen molar-refractivity contribution in [1.82, 2.24) is 5.32 Å². The third-order valence-corrected chi connectivity index (χ3v) is 3.49. The zero-order valence-corrected chi connectivity index (χ0v) is 11.7. The average Bonchev–Trinajstić information content (AvgIpc) is 2.38. The normalized spacial score (nSPS) is 11.9. The van der Waals surface area contributed by atoms with Gasteiger partial charge in [-0.3, -0.25) is 9.59 Å². The Morgan fingerprint density at radius 2 is 2.00 bits per heavy atom. The molecule has 0 aliphatic carbocycles. The molecule has 1 rings (SSSR count). The standard InChI is InChI=1S/C12H15ClN2O3S/c13-9-3-1-8(2-4-9)6-19-7-11(17)15-5-10(16)12(14)18/h1-4,10,16H,5-7H2,(H2,14,18)(H,15,17). The Labute approximate surface area is 120 Å². The maximum absolute atomic E-state index is 11.4. The van der Waals surface area contributed by atoms with Crippen molar-refractivity contribution in [3.8, 4) is 0 Å². The second-order valence-corrected chi connectivity index (χ2v) is 5.26.